The van der Waals surface area contributed by atoms with Crippen LogP contribution < -0.4 is 4.90 Å². The molecular formula is C18H22N4O. The van der Waals surface area contributed by atoms with Crippen molar-refractivity contribution in [2.24, 2.45) is 0 Å². The van der Waals surface area contributed by atoms with E-state index >= 15 is 0 Å². The van der Waals surface area contributed by atoms with E-state index in [9.17, 15) is 4.79 Å². The molecule has 2 aromatic rings. The fourth-order valence-electron chi connectivity index (χ4n) is 3.82. The Morgan fingerprint density at radius 3 is 3.04 bits per heavy atom. The van der Waals surface area contributed by atoms with Crippen LogP contribution >= 0.6 is 0 Å². The van der Waals surface area contributed by atoms with Crippen LogP contribution in [0.1, 0.15) is 30.0 Å². The van der Waals surface area contributed by atoms with E-state index in [1.807, 2.05) is 23.1 Å². The molecule has 4 rings (SSSR count). The number of nitrogens with one attached hydrogen (secondary N) is 1. The summed E-state index contributed by atoms with van der Waals surface area (Å²) >= 11 is 0. The van der Waals surface area contributed by atoms with Crippen molar-refractivity contribution < 1.29 is 4.79 Å². The summed E-state index contributed by atoms with van der Waals surface area (Å²) in [6, 6.07) is 10.3. The van der Waals surface area contributed by atoms with E-state index in [2.05, 4.69) is 27.2 Å². The van der Waals surface area contributed by atoms with Gasteiger partial charge >= 0.3 is 0 Å². The first-order chi connectivity index (χ1) is 11.3. The van der Waals surface area contributed by atoms with Gasteiger partial charge in [0.1, 0.15) is 0 Å². The van der Waals surface area contributed by atoms with Gasteiger partial charge in [0, 0.05) is 36.6 Å². The first-order valence-electron chi connectivity index (χ1n) is 8.41. The fraction of sp³-hybridized carbons (Fsp3) is 0.444. The summed E-state index contributed by atoms with van der Waals surface area (Å²) < 4.78 is 0. The van der Waals surface area contributed by atoms with Crippen molar-refractivity contribution in [1.29, 1.82) is 0 Å². The maximum absolute atomic E-state index is 12.7. The number of anilines is 1. The Hall–Kier alpha value is -2.14. The van der Waals surface area contributed by atoms with Gasteiger partial charge in [-0.1, -0.05) is 18.2 Å². The highest BCUT2D eigenvalue weighted by Crippen LogP contribution is 2.29. The lowest BCUT2D eigenvalue weighted by Crippen LogP contribution is -2.43. The molecule has 1 saturated heterocycles. The number of carbonyl (C=O) groups excluding carboxylic acids is 1. The van der Waals surface area contributed by atoms with Gasteiger partial charge in [-0.15, -0.1) is 0 Å². The van der Waals surface area contributed by atoms with Crippen LogP contribution in [0.2, 0.25) is 0 Å². The smallest absolute Gasteiger partial charge is 0.241 e. The molecule has 1 aromatic carbocycles. The number of aromatic amines is 1. The number of amides is 1. The number of benzene rings is 1. The highest BCUT2D eigenvalue weighted by atomic mass is 16.2. The van der Waals surface area contributed by atoms with E-state index in [-0.39, 0.29) is 5.91 Å². The van der Waals surface area contributed by atoms with Crippen molar-refractivity contribution in [2.45, 2.75) is 25.2 Å². The molecule has 0 bridgehead atoms. The zero-order valence-corrected chi connectivity index (χ0v) is 13.2. The topological polar surface area (TPSA) is 52.2 Å². The zero-order chi connectivity index (χ0) is 15.6. The summed E-state index contributed by atoms with van der Waals surface area (Å²) in [5.41, 5.74) is 3.57. The molecule has 1 unspecified atom stereocenters. The second-order valence-electron chi connectivity index (χ2n) is 6.51. The SMILES string of the molecule is O=C(CN1CCCC(c2ccn[nH]2)C1)N1CCc2ccccc21. The predicted octanol–water partition coefficient (Wildman–Crippen LogP) is 2.18. The number of carbonyl (C=O) groups is 1. The first kappa shape index (κ1) is 14.5. The fourth-order valence-corrected chi connectivity index (χ4v) is 3.82. The van der Waals surface area contributed by atoms with Crippen molar-refractivity contribution in [3.63, 3.8) is 0 Å². The number of H-pyrrole nitrogens is 1. The Kier molecular flexibility index (Phi) is 3.87. The molecule has 2 aliphatic rings. The summed E-state index contributed by atoms with van der Waals surface area (Å²) in [5, 5.41) is 7.13. The molecule has 1 fully saturated rings. The summed E-state index contributed by atoms with van der Waals surface area (Å²) in [4.78, 5) is 17.0. The normalized spacial score (nSPS) is 21.4. The summed E-state index contributed by atoms with van der Waals surface area (Å²) in [5.74, 6) is 0.685. The molecule has 23 heavy (non-hydrogen) atoms. The number of aromatic nitrogens is 2. The average molecular weight is 310 g/mol. The molecule has 3 heterocycles. The molecule has 5 nitrogen and oxygen atoms in total. The molecule has 120 valence electrons. The van der Waals surface area contributed by atoms with E-state index in [4.69, 9.17) is 0 Å². The van der Waals surface area contributed by atoms with Crippen molar-refractivity contribution >= 4 is 11.6 Å². The second kappa shape index (κ2) is 6.16. The molecule has 0 aliphatic carbocycles. The molecule has 1 amide bonds. The molecule has 0 saturated carbocycles. The molecular weight excluding hydrogens is 288 g/mol. The largest absolute Gasteiger partial charge is 0.311 e. The van der Waals surface area contributed by atoms with E-state index in [0.717, 1.165) is 38.2 Å². The second-order valence-corrected chi connectivity index (χ2v) is 6.51. The van der Waals surface area contributed by atoms with Crippen molar-refractivity contribution in [2.75, 3.05) is 31.1 Å². The standard InChI is InChI=1S/C18H22N4O/c23-18(22-11-8-14-4-1-2-6-17(14)22)13-21-10-3-5-15(12-21)16-7-9-19-20-16/h1-2,4,6-7,9,15H,3,5,8,10-13H2,(H,19,20). The highest BCUT2D eigenvalue weighted by molar-refractivity contribution is 5.96. The van der Waals surface area contributed by atoms with Crippen LogP contribution in [0.15, 0.2) is 36.5 Å². The first-order valence-corrected chi connectivity index (χ1v) is 8.41. The number of hydrogen-bond acceptors (Lipinski definition) is 3. The molecule has 5 heteroatoms. The molecule has 0 radical (unpaired) electrons. The van der Waals surface area contributed by atoms with Gasteiger partial charge in [0.05, 0.1) is 6.54 Å². The number of piperidine rings is 1. The number of hydrogen-bond donors (Lipinski definition) is 1. The van der Waals surface area contributed by atoms with Gasteiger partial charge in [0.15, 0.2) is 0 Å². The third-order valence-electron chi connectivity index (χ3n) is 5.01. The molecule has 1 aromatic heterocycles. The van der Waals surface area contributed by atoms with Gasteiger partial charge in [-0.2, -0.15) is 5.10 Å². The third-order valence-corrected chi connectivity index (χ3v) is 5.01. The van der Waals surface area contributed by atoms with Crippen LogP contribution in [-0.4, -0.2) is 47.2 Å². The van der Waals surface area contributed by atoms with E-state index in [1.165, 1.54) is 17.7 Å². The van der Waals surface area contributed by atoms with Crippen LogP contribution in [0.3, 0.4) is 0 Å². The van der Waals surface area contributed by atoms with Crippen LogP contribution in [0.5, 0.6) is 0 Å². The van der Waals surface area contributed by atoms with E-state index < -0.39 is 0 Å². The van der Waals surface area contributed by atoms with Gasteiger partial charge < -0.3 is 4.90 Å². The van der Waals surface area contributed by atoms with Crippen LogP contribution in [-0.2, 0) is 11.2 Å². The summed E-state index contributed by atoms with van der Waals surface area (Å²) in [7, 11) is 0. The van der Waals surface area contributed by atoms with E-state index in [1.54, 1.807) is 6.20 Å². The minimum Gasteiger partial charge on any atom is -0.311 e. The van der Waals surface area contributed by atoms with Crippen molar-refractivity contribution in [1.82, 2.24) is 15.1 Å². The predicted molar refractivity (Wildman–Crippen MR) is 89.5 cm³/mol. The van der Waals surface area contributed by atoms with Crippen molar-refractivity contribution in [3.8, 4) is 0 Å². The van der Waals surface area contributed by atoms with Gasteiger partial charge in [-0.3, -0.25) is 14.8 Å². The Labute approximate surface area is 136 Å². The number of likely N-dealkylation sites (tertiary alicyclic amines) is 1. The van der Waals surface area contributed by atoms with Gasteiger partial charge in [0.2, 0.25) is 5.91 Å². The monoisotopic (exact) mass is 310 g/mol. The van der Waals surface area contributed by atoms with Gasteiger partial charge in [-0.05, 0) is 43.5 Å². The van der Waals surface area contributed by atoms with Crippen LogP contribution in [0.25, 0.3) is 0 Å². The lowest BCUT2D eigenvalue weighted by molar-refractivity contribution is -0.119. The van der Waals surface area contributed by atoms with Crippen molar-refractivity contribution in [3.05, 3.63) is 47.8 Å². The third kappa shape index (κ3) is 2.88. The van der Waals surface area contributed by atoms with Crippen LogP contribution in [0.4, 0.5) is 5.69 Å². The Morgan fingerprint density at radius 2 is 2.17 bits per heavy atom. The lowest BCUT2D eigenvalue weighted by Gasteiger charge is -2.32. The van der Waals surface area contributed by atoms with Gasteiger partial charge in [0.25, 0.3) is 0 Å². The Balaban J connectivity index is 1.41. The quantitative estimate of drug-likeness (QED) is 0.945. The molecule has 1 N–H and O–H groups in total. The number of fused-ring (bicyclic) bond motifs is 1. The maximum Gasteiger partial charge on any atom is 0.241 e. The number of para-hydroxylation sites is 1. The number of rotatable bonds is 3. The summed E-state index contributed by atoms with van der Waals surface area (Å²) in [6.45, 7) is 3.27. The zero-order valence-electron chi connectivity index (χ0n) is 13.2. The van der Waals surface area contributed by atoms with Gasteiger partial charge in [-0.25, -0.2) is 0 Å². The lowest BCUT2D eigenvalue weighted by atomic mass is 9.95. The minimum absolute atomic E-state index is 0.222. The minimum atomic E-state index is 0.222. The maximum atomic E-state index is 12.7. The van der Waals surface area contributed by atoms with Crippen LogP contribution in [0, 0.1) is 0 Å². The number of nitrogens with zero attached hydrogens (tertiary/aromatic N) is 3. The highest BCUT2D eigenvalue weighted by Gasteiger charge is 2.28. The summed E-state index contributed by atoms with van der Waals surface area (Å²) in [6.07, 6.45) is 5.08. The van der Waals surface area contributed by atoms with E-state index in [0.29, 0.717) is 12.5 Å². The molecule has 1 atom stereocenters. The molecule has 2 aliphatic heterocycles. The molecule has 0 spiro atoms. The average Bonchev–Trinajstić information content (AvgIpc) is 3.25. The Bertz CT molecular complexity index is 682. The Morgan fingerprint density at radius 1 is 1.26 bits per heavy atom.